The highest BCUT2D eigenvalue weighted by molar-refractivity contribution is 7.18. The van der Waals surface area contributed by atoms with Crippen molar-refractivity contribution in [3.8, 4) is 0 Å². The number of rotatable bonds is 5. The number of aromatic nitrogens is 4. The molecule has 2 heterocycles. The smallest absolute Gasteiger partial charge is 0.140 e. The summed E-state index contributed by atoms with van der Waals surface area (Å²) in [7, 11) is 1.90. The summed E-state index contributed by atoms with van der Waals surface area (Å²) in [5, 5.41) is 8.70. The highest BCUT2D eigenvalue weighted by Crippen LogP contribution is 2.22. The average Bonchev–Trinajstić information content (AvgIpc) is 3.01. The molecule has 0 aliphatic carbocycles. The SMILES string of the molecule is C[C@H](Cc1nc2ccccc2s1)NCc1ncnn1C. The van der Waals surface area contributed by atoms with Gasteiger partial charge < -0.3 is 5.32 Å². The summed E-state index contributed by atoms with van der Waals surface area (Å²) in [4.78, 5) is 8.87. The molecule has 0 saturated carbocycles. The summed E-state index contributed by atoms with van der Waals surface area (Å²) in [6.07, 6.45) is 2.51. The van der Waals surface area contributed by atoms with Gasteiger partial charge in [-0.3, -0.25) is 4.68 Å². The maximum absolute atomic E-state index is 4.66. The van der Waals surface area contributed by atoms with Crippen molar-refractivity contribution in [2.75, 3.05) is 0 Å². The molecule has 20 heavy (non-hydrogen) atoms. The first-order chi connectivity index (χ1) is 9.72. The molecule has 0 bridgehead atoms. The molecule has 0 saturated heterocycles. The van der Waals surface area contributed by atoms with Crippen LogP contribution >= 0.6 is 11.3 Å². The van der Waals surface area contributed by atoms with Gasteiger partial charge in [0.05, 0.1) is 21.8 Å². The van der Waals surface area contributed by atoms with Crippen molar-refractivity contribution in [2.24, 2.45) is 7.05 Å². The topological polar surface area (TPSA) is 55.6 Å². The molecular weight excluding hydrogens is 270 g/mol. The van der Waals surface area contributed by atoms with E-state index in [0.717, 1.165) is 24.3 Å². The monoisotopic (exact) mass is 287 g/mol. The molecule has 2 aromatic heterocycles. The third-order valence-electron chi connectivity index (χ3n) is 3.23. The van der Waals surface area contributed by atoms with E-state index in [9.17, 15) is 0 Å². The van der Waals surface area contributed by atoms with Crippen LogP contribution in [0.15, 0.2) is 30.6 Å². The van der Waals surface area contributed by atoms with Crippen LogP contribution in [-0.2, 0) is 20.0 Å². The summed E-state index contributed by atoms with van der Waals surface area (Å²) >= 11 is 1.77. The van der Waals surface area contributed by atoms with Crippen molar-refractivity contribution in [3.63, 3.8) is 0 Å². The Morgan fingerprint density at radius 2 is 2.20 bits per heavy atom. The van der Waals surface area contributed by atoms with E-state index in [1.165, 1.54) is 9.71 Å². The Hall–Kier alpha value is -1.79. The molecule has 0 radical (unpaired) electrons. The number of benzene rings is 1. The standard InChI is InChI=1S/C14H17N5S/c1-10(15-8-13-16-9-17-19(13)2)7-14-18-11-5-3-4-6-12(11)20-14/h3-6,9-10,15H,7-8H2,1-2H3/t10-/m1/s1. The van der Waals surface area contributed by atoms with Gasteiger partial charge in [-0.15, -0.1) is 11.3 Å². The van der Waals surface area contributed by atoms with Crippen molar-refractivity contribution in [3.05, 3.63) is 41.4 Å². The normalized spacial score (nSPS) is 12.9. The molecule has 3 aromatic rings. The Labute approximate surface area is 121 Å². The molecule has 1 N–H and O–H groups in total. The number of hydrogen-bond acceptors (Lipinski definition) is 5. The zero-order valence-electron chi connectivity index (χ0n) is 11.6. The Morgan fingerprint density at radius 3 is 2.95 bits per heavy atom. The minimum atomic E-state index is 0.354. The molecule has 5 nitrogen and oxygen atoms in total. The maximum Gasteiger partial charge on any atom is 0.140 e. The van der Waals surface area contributed by atoms with Crippen LogP contribution in [-0.4, -0.2) is 25.8 Å². The minimum Gasteiger partial charge on any atom is -0.307 e. The predicted molar refractivity (Wildman–Crippen MR) is 80.6 cm³/mol. The maximum atomic E-state index is 4.66. The Kier molecular flexibility index (Phi) is 3.75. The quantitative estimate of drug-likeness (QED) is 0.781. The zero-order valence-corrected chi connectivity index (χ0v) is 12.4. The van der Waals surface area contributed by atoms with Crippen molar-refractivity contribution < 1.29 is 0 Å². The molecule has 0 spiro atoms. The molecule has 0 aliphatic rings. The van der Waals surface area contributed by atoms with Gasteiger partial charge >= 0.3 is 0 Å². The summed E-state index contributed by atoms with van der Waals surface area (Å²) in [5.41, 5.74) is 1.09. The number of nitrogens with one attached hydrogen (secondary N) is 1. The average molecular weight is 287 g/mol. The molecule has 1 aromatic carbocycles. The fraction of sp³-hybridized carbons (Fsp3) is 0.357. The lowest BCUT2D eigenvalue weighted by Crippen LogP contribution is -2.28. The van der Waals surface area contributed by atoms with Crippen LogP contribution in [0.25, 0.3) is 10.2 Å². The number of fused-ring (bicyclic) bond motifs is 1. The first-order valence-electron chi connectivity index (χ1n) is 6.63. The fourth-order valence-corrected chi connectivity index (χ4v) is 3.18. The molecule has 0 unspecified atom stereocenters. The molecular formula is C14H17N5S. The number of hydrogen-bond donors (Lipinski definition) is 1. The second kappa shape index (κ2) is 5.68. The summed E-state index contributed by atoms with van der Waals surface area (Å²) < 4.78 is 3.04. The van der Waals surface area contributed by atoms with Gasteiger partial charge in [0.25, 0.3) is 0 Å². The lowest BCUT2D eigenvalue weighted by molar-refractivity contribution is 0.519. The Balaban J connectivity index is 1.61. The molecule has 1 atom stereocenters. The van der Waals surface area contributed by atoms with Crippen LogP contribution in [0.1, 0.15) is 17.8 Å². The third kappa shape index (κ3) is 2.86. The van der Waals surface area contributed by atoms with E-state index >= 15 is 0 Å². The predicted octanol–water partition coefficient (Wildman–Crippen LogP) is 2.15. The van der Waals surface area contributed by atoms with Gasteiger partial charge in [0, 0.05) is 19.5 Å². The van der Waals surface area contributed by atoms with E-state index in [2.05, 4.69) is 45.5 Å². The molecule has 104 valence electrons. The second-order valence-corrected chi connectivity index (χ2v) is 5.98. The van der Waals surface area contributed by atoms with Gasteiger partial charge in [0.15, 0.2) is 0 Å². The van der Waals surface area contributed by atoms with E-state index in [4.69, 9.17) is 0 Å². The van der Waals surface area contributed by atoms with Crippen LogP contribution in [0, 0.1) is 0 Å². The summed E-state index contributed by atoms with van der Waals surface area (Å²) in [6.45, 7) is 2.89. The van der Waals surface area contributed by atoms with Gasteiger partial charge in [-0.2, -0.15) is 5.10 Å². The Morgan fingerprint density at radius 1 is 1.35 bits per heavy atom. The third-order valence-corrected chi connectivity index (χ3v) is 4.29. The lowest BCUT2D eigenvalue weighted by atomic mass is 10.2. The van der Waals surface area contributed by atoms with Crippen molar-refractivity contribution in [1.29, 1.82) is 0 Å². The fourth-order valence-electron chi connectivity index (χ4n) is 2.09. The number of para-hydroxylation sites is 1. The van der Waals surface area contributed by atoms with E-state index in [1.807, 2.05) is 13.1 Å². The van der Waals surface area contributed by atoms with E-state index in [-0.39, 0.29) is 0 Å². The largest absolute Gasteiger partial charge is 0.307 e. The van der Waals surface area contributed by atoms with Gasteiger partial charge in [0.1, 0.15) is 12.2 Å². The van der Waals surface area contributed by atoms with Gasteiger partial charge in [-0.25, -0.2) is 9.97 Å². The first kappa shape index (κ1) is 13.2. The van der Waals surface area contributed by atoms with Gasteiger partial charge in [-0.05, 0) is 19.1 Å². The Bertz CT molecular complexity index is 669. The summed E-state index contributed by atoms with van der Waals surface area (Å²) in [5.74, 6) is 0.946. The highest BCUT2D eigenvalue weighted by atomic mass is 32.1. The molecule has 0 fully saturated rings. The van der Waals surface area contributed by atoms with E-state index in [0.29, 0.717) is 6.04 Å². The molecule has 6 heteroatoms. The van der Waals surface area contributed by atoms with E-state index < -0.39 is 0 Å². The van der Waals surface area contributed by atoms with Crippen LogP contribution in [0.3, 0.4) is 0 Å². The van der Waals surface area contributed by atoms with Crippen molar-refractivity contribution >= 4 is 21.6 Å². The second-order valence-electron chi connectivity index (χ2n) is 4.86. The molecule has 3 rings (SSSR count). The van der Waals surface area contributed by atoms with Crippen LogP contribution < -0.4 is 5.32 Å². The molecule has 0 aliphatic heterocycles. The van der Waals surface area contributed by atoms with Gasteiger partial charge in [0.2, 0.25) is 0 Å². The van der Waals surface area contributed by atoms with Gasteiger partial charge in [-0.1, -0.05) is 12.1 Å². The zero-order chi connectivity index (χ0) is 13.9. The highest BCUT2D eigenvalue weighted by Gasteiger charge is 2.09. The minimum absolute atomic E-state index is 0.354. The van der Waals surface area contributed by atoms with Crippen molar-refractivity contribution in [1.82, 2.24) is 25.1 Å². The summed E-state index contributed by atoms with van der Waals surface area (Å²) in [6, 6.07) is 8.62. The number of nitrogens with zero attached hydrogens (tertiary/aromatic N) is 4. The number of aryl methyl sites for hydroxylation is 1. The van der Waals surface area contributed by atoms with Crippen LogP contribution in [0.5, 0.6) is 0 Å². The molecule has 0 amide bonds. The first-order valence-corrected chi connectivity index (χ1v) is 7.45. The van der Waals surface area contributed by atoms with Crippen LogP contribution in [0.4, 0.5) is 0 Å². The lowest BCUT2D eigenvalue weighted by Gasteiger charge is -2.11. The van der Waals surface area contributed by atoms with Crippen molar-refractivity contribution in [2.45, 2.75) is 25.9 Å². The van der Waals surface area contributed by atoms with E-state index in [1.54, 1.807) is 22.3 Å². The van der Waals surface area contributed by atoms with Crippen LogP contribution in [0.2, 0.25) is 0 Å². The number of thiazole rings is 1.